The first kappa shape index (κ1) is 18.1. The van der Waals surface area contributed by atoms with Crippen LogP contribution in [0.3, 0.4) is 0 Å². The number of H-pyrrole nitrogens is 1. The highest BCUT2D eigenvalue weighted by Crippen LogP contribution is 2.61. The zero-order valence-corrected chi connectivity index (χ0v) is 17.3. The first-order chi connectivity index (χ1) is 15.1. The molecule has 3 aliphatic rings. The largest absolute Gasteiger partial charge is 0.309 e. The summed E-state index contributed by atoms with van der Waals surface area (Å²) in [4.78, 5) is 13.7. The van der Waals surface area contributed by atoms with Crippen LogP contribution >= 0.6 is 0 Å². The molecule has 7 rings (SSSR count). The number of benzene rings is 3. The molecule has 0 saturated heterocycles. The molecule has 0 saturated carbocycles. The van der Waals surface area contributed by atoms with Crippen LogP contribution in [0.5, 0.6) is 0 Å². The van der Waals surface area contributed by atoms with Crippen LogP contribution in [0.25, 0.3) is 11.3 Å². The number of aromatic amines is 1. The van der Waals surface area contributed by atoms with Crippen LogP contribution in [0.1, 0.15) is 47.4 Å². The molecule has 1 amide bonds. The number of amides is 1. The summed E-state index contributed by atoms with van der Waals surface area (Å²) in [7, 11) is 0. The van der Waals surface area contributed by atoms with Gasteiger partial charge in [-0.25, -0.2) is 0 Å². The molecule has 1 heterocycles. The second-order valence-corrected chi connectivity index (χ2v) is 8.85. The Kier molecular flexibility index (Phi) is 3.90. The smallest absolute Gasteiger partial charge is 0.232 e. The highest BCUT2D eigenvalue weighted by atomic mass is 16.2. The van der Waals surface area contributed by atoms with E-state index in [9.17, 15) is 4.79 Å². The molecular weight excluding hydrogens is 382 g/mol. The lowest BCUT2D eigenvalue weighted by Crippen LogP contribution is -2.47. The van der Waals surface area contributed by atoms with E-state index in [0.717, 1.165) is 17.7 Å². The van der Waals surface area contributed by atoms with Gasteiger partial charge in [0.2, 0.25) is 5.91 Å². The Bertz CT molecular complexity index is 1250. The minimum atomic E-state index is -0.542. The summed E-state index contributed by atoms with van der Waals surface area (Å²) in [5.74, 6) is 0.871. The van der Waals surface area contributed by atoms with E-state index in [0.29, 0.717) is 5.82 Å². The Morgan fingerprint density at radius 3 is 2.13 bits per heavy atom. The summed E-state index contributed by atoms with van der Waals surface area (Å²) in [6.45, 7) is 2.11. The maximum atomic E-state index is 13.7. The van der Waals surface area contributed by atoms with Crippen molar-refractivity contribution in [3.63, 3.8) is 0 Å². The molecule has 4 heteroatoms. The molecule has 152 valence electrons. The second-order valence-electron chi connectivity index (χ2n) is 8.85. The monoisotopic (exact) mass is 405 g/mol. The van der Waals surface area contributed by atoms with Crippen molar-refractivity contribution in [2.75, 3.05) is 5.32 Å². The first-order valence-electron chi connectivity index (χ1n) is 10.7. The third kappa shape index (κ3) is 2.68. The van der Waals surface area contributed by atoms with E-state index in [1.54, 1.807) is 0 Å². The van der Waals surface area contributed by atoms with E-state index in [-0.39, 0.29) is 17.7 Å². The highest BCUT2D eigenvalue weighted by Gasteiger charge is 2.53. The van der Waals surface area contributed by atoms with Gasteiger partial charge in [0.1, 0.15) is 0 Å². The standard InChI is InChI=1S/C27H23N3O/c1-27(26(31)28-24-15-23(29-30-24)17-9-3-2-4-10-17)16-22-18-11-5-7-13-20(18)25(27)21-14-8-6-12-19(21)22/h2-15,22,25H,16H2,1H3,(H2,28,29,30,31). The molecule has 0 aliphatic heterocycles. The number of carbonyl (C=O) groups is 1. The molecule has 0 spiro atoms. The van der Waals surface area contributed by atoms with Crippen molar-refractivity contribution < 1.29 is 4.79 Å². The minimum absolute atomic E-state index is 0.0256. The van der Waals surface area contributed by atoms with Crippen molar-refractivity contribution in [2.24, 2.45) is 5.41 Å². The van der Waals surface area contributed by atoms with Gasteiger partial charge in [-0.1, -0.05) is 78.9 Å². The van der Waals surface area contributed by atoms with Gasteiger partial charge in [-0.05, 0) is 41.2 Å². The average Bonchev–Trinajstić information content (AvgIpc) is 3.28. The van der Waals surface area contributed by atoms with Crippen molar-refractivity contribution in [1.29, 1.82) is 0 Å². The number of rotatable bonds is 3. The Morgan fingerprint density at radius 1 is 0.903 bits per heavy atom. The van der Waals surface area contributed by atoms with Crippen LogP contribution < -0.4 is 5.32 Å². The number of hydrogen-bond acceptors (Lipinski definition) is 2. The molecule has 3 aromatic carbocycles. The van der Waals surface area contributed by atoms with Crippen LogP contribution in [-0.2, 0) is 4.79 Å². The molecule has 1 aromatic heterocycles. The maximum absolute atomic E-state index is 13.7. The molecule has 4 nitrogen and oxygen atoms in total. The van der Waals surface area contributed by atoms with Gasteiger partial charge in [0, 0.05) is 17.9 Å². The summed E-state index contributed by atoms with van der Waals surface area (Å²) in [5.41, 5.74) is 6.68. The molecule has 2 N–H and O–H groups in total. The van der Waals surface area contributed by atoms with Gasteiger partial charge >= 0.3 is 0 Å². The van der Waals surface area contributed by atoms with Gasteiger partial charge in [0.25, 0.3) is 0 Å². The number of carbonyl (C=O) groups excluding carboxylic acids is 1. The second kappa shape index (κ2) is 6.67. The molecule has 0 radical (unpaired) electrons. The predicted molar refractivity (Wildman–Crippen MR) is 122 cm³/mol. The van der Waals surface area contributed by atoms with Crippen molar-refractivity contribution >= 4 is 11.7 Å². The van der Waals surface area contributed by atoms with Gasteiger partial charge in [-0.2, -0.15) is 5.10 Å². The number of aromatic nitrogens is 2. The van der Waals surface area contributed by atoms with E-state index < -0.39 is 5.41 Å². The van der Waals surface area contributed by atoms with Crippen LogP contribution in [0.4, 0.5) is 5.82 Å². The van der Waals surface area contributed by atoms with Gasteiger partial charge in [0.05, 0.1) is 11.1 Å². The summed E-state index contributed by atoms with van der Waals surface area (Å²) in [6, 6.07) is 29.1. The van der Waals surface area contributed by atoms with Crippen molar-refractivity contribution in [1.82, 2.24) is 10.2 Å². The maximum Gasteiger partial charge on any atom is 0.232 e. The number of nitrogens with zero attached hydrogens (tertiary/aromatic N) is 1. The van der Waals surface area contributed by atoms with Gasteiger partial charge in [-0.15, -0.1) is 0 Å². The average molecular weight is 406 g/mol. The Balaban J connectivity index is 1.36. The number of hydrogen-bond donors (Lipinski definition) is 2. The number of fused-ring (bicyclic) bond motifs is 1. The van der Waals surface area contributed by atoms with E-state index >= 15 is 0 Å². The van der Waals surface area contributed by atoms with Crippen molar-refractivity contribution in [2.45, 2.75) is 25.2 Å². The number of nitrogens with one attached hydrogen (secondary N) is 2. The quantitative estimate of drug-likeness (QED) is 0.459. The zero-order chi connectivity index (χ0) is 21.0. The zero-order valence-electron chi connectivity index (χ0n) is 17.3. The molecule has 1 unspecified atom stereocenters. The SMILES string of the molecule is CC1(C(=O)Nc2cc(-c3ccccc3)[nH]n2)CC2c3ccccc3C1c1ccccc12. The number of anilines is 1. The van der Waals surface area contributed by atoms with Crippen LogP contribution in [-0.4, -0.2) is 16.1 Å². The lowest BCUT2D eigenvalue weighted by Gasteiger charge is -2.50. The predicted octanol–water partition coefficient (Wildman–Crippen LogP) is 5.70. The fraction of sp³-hybridized carbons (Fsp3) is 0.185. The minimum Gasteiger partial charge on any atom is -0.309 e. The van der Waals surface area contributed by atoms with Gasteiger partial charge < -0.3 is 5.32 Å². The fourth-order valence-electron chi connectivity index (χ4n) is 5.60. The molecule has 4 aromatic rings. The third-order valence-corrected chi connectivity index (χ3v) is 7.05. The van der Waals surface area contributed by atoms with Crippen molar-refractivity contribution in [3.05, 3.63) is 107 Å². The molecular formula is C27H23N3O. The van der Waals surface area contributed by atoms with E-state index in [1.165, 1.54) is 22.3 Å². The topological polar surface area (TPSA) is 57.8 Å². The normalized spacial score (nSPS) is 23.1. The van der Waals surface area contributed by atoms with E-state index in [1.807, 2.05) is 36.4 Å². The Hall–Kier alpha value is -3.66. The van der Waals surface area contributed by atoms with E-state index in [4.69, 9.17) is 0 Å². The molecule has 3 aliphatic carbocycles. The van der Waals surface area contributed by atoms with Crippen LogP contribution in [0.15, 0.2) is 84.9 Å². The fourth-order valence-corrected chi connectivity index (χ4v) is 5.60. The van der Waals surface area contributed by atoms with Crippen molar-refractivity contribution in [3.8, 4) is 11.3 Å². The summed E-state index contributed by atoms with van der Waals surface area (Å²) in [6.07, 6.45) is 0.799. The summed E-state index contributed by atoms with van der Waals surface area (Å²) >= 11 is 0. The van der Waals surface area contributed by atoms with Crippen LogP contribution in [0, 0.1) is 5.41 Å². The lowest BCUT2D eigenvalue weighted by atomic mass is 9.52. The highest BCUT2D eigenvalue weighted by molar-refractivity contribution is 5.97. The van der Waals surface area contributed by atoms with E-state index in [2.05, 4.69) is 71.0 Å². The molecule has 31 heavy (non-hydrogen) atoms. The lowest BCUT2D eigenvalue weighted by molar-refractivity contribution is -0.126. The molecule has 2 bridgehead atoms. The van der Waals surface area contributed by atoms with Gasteiger partial charge in [0.15, 0.2) is 5.82 Å². The van der Waals surface area contributed by atoms with Gasteiger partial charge in [-0.3, -0.25) is 9.89 Å². The Morgan fingerprint density at radius 2 is 1.48 bits per heavy atom. The molecule has 0 fully saturated rings. The first-order valence-corrected chi connectivity index (χ1v) is 10.7. The van der Waals surface area contributed by atoms with Crippen LogP contribution in [0.2, 0.25) is 0 Å². The summed E-state index contributed by atoms with van der Waals surface area (Å²) < 4.78 is 0. The Labute approximate surface area is 181 Å². The molecule has 1 atom stereocenters. The summed E-state index contributed by atoms with van der Waals surface area (Å²) in [5, 5.41) is 10.5. The third-order valence-electron chi connectivity index (χ3n) is 7.05.